The fraction of sp³-hybridized carbons (Fsp3) is 0.480. The van der Waals surface area contributed by atoms with E-state index in [9.17, 15) is 4.79 Å². The zero-order chi connectivity index (χ0) is 22.1. The van der Waals surface area contributed by atoms with E-state index in [1.165, 1.54) is 35.1 Å². The van der Waals surface area contributed by atoms with Gasteiger partial charge in [-0.15, -0.1) is 11.3 Å². The zero-order valence-corrected chi connectivity index (χ0v) is 19.7. The molecule has 0 spiro atoms. The first-order valence-electron chi connectivity index (χ1n) is 11.7. The fourth-order valence-electron chi connectivity index (χ4n) is 4.78. The Bertz CT molecular complexity index is 1120. The number of piperazine rings is 1. The molecule has 0 bridgehead atoms. The number of fused-ring (bicyclic) bond motifs is 3. The van der Waals surface area contributed by atoms with Crippen LogP contribution in [0.2, 0.25) is 0 Å². The van der Waals surface area contributed by atoms with Crippen molar-refractivity contribution in [3.05, 3.63) is 46.1 Å². The number of aryl methyl sites for hydroxylation is 3. The van der Waals surface area contributed by atoms with Crippen molar-refractivity contribution in [2.24, 2.45) is 0 Å². The third-order valence-corrected chi connectivity index (χ3v) is 7.70. The van der Waals surface area contributed by atoms with Crippen molar-refractivity contribution < 1.29 is 9.53 Å². The summed E-state index contributed by atoms with van der Waals surface area (Å²) in [5, 5.41) is 1.28. The lowest BCUT2D eigenvalue weighted by atomic mass is 9.97. The van der Waals surface area contributed by atoms with Gasteiger partial charge in [-0.1, -0.05) is 6.92 Å². The van der Waals surface area contributed by atoms with Crippen LogP contribution in [0.4, 0.5) is 5.82 Å². The molecule has 0 radical (unpaired) electrons. The molecule has 3 aromatic rings. The maximum Gasteiger partial charge on any atom is 0.253 e. The van der Waals surface area contributed by atoms with E-state index in [1.54, 1.807) is 7.11 Å². The highest BCUT2D eigenvalue weighted by molar-refractivity contribution is 7.19. The summed E-state index contributed by atoms with van der Waals surface area (Å²) in [7, 11) is 1.64. The minimum atomic E-state index is 0.0831. The summed E-state index contributed by atoms with van der Waals surface area (Å²) in [4.78, 5) is 29.9. The van der Waals surface area contributed by atoms with E-state index in [-0.39, 0.29) is 5.91 Å². The molecular formula is C25H30N4O2S. The van der Waals surface area contributed by atoms with Crippen LogP contribution in [0, 0.1) is 0 Å². The zero-order valence-electron chi connectivity index (χ0n) is 18.9. The Labute approximate surface area is 193 Å². The summed E-state index contributed by atoms with van der Waals surface area (Å²) in [5.41, 5.74) is 2.19. The molecule has 1 aromatic carbocycles. The molecule has 1 fully saturated rings. The van der Waals surface area contributed by atoms with Crippen molar-refractivity contribution in [3.63, 3.8) is 0 Å². The van der Waals surface area contributed by atoms with Crippen molar-refractivity contribution in [2.75, 3.05) is 38.2 Å². The molecule has 32 heavy (non-hydrogen) atoms. The maximum absolute atomic E-state index is 13.0. The van der Waals surface area contributed by atoms with E-state index in [0.717, 1.165) is 54.6 Å². The largest absolute Gasteiger partial charge is 0.497 e. The third kappa shape index (κ3) is 3.94. The van der Waals surface area contributed by atoms with Crippen LogP contribution in [0.1, 0.15) is 52.8 Å². The van der Waals surface area contributed by atoms with Crippen molar-refractivity contribution in [1.29, 1.82) is 0 Å². The van der Waals surface area contributed by atoms with Crippen LogP contribution >= 0.6 is 11.3 Å². The quantitative estimate of drug-likeness (QED) is 0.573. The molecule has 2 aromatic heterocycles. The molecule has 0 saturated carbocycles. The van der Waals surface area contributed by atoms with E-state index in [0.29, 0.717) is 18.7 Å². The Hall–Kier alpha value is -2.67. The molecule has 6 nitrogen and oxygen atoms in total. The highest BCUT2D eigenvalue weighted by atomic mass is 32.1. The molecule has 2 aliphatic rings. The van der Waals surface area contributed by atoms with Crippen LogP contribution in [0.5, 0.6) is 5.75 Å². The number of aromatic nitrogens is 2. The van der Waals surface area contributed by atoms with Gasteiger partial charge >= 0.3 is 0 Å². The summed E-state index contributed by atoms with van der Waals surface area (Å²) in [6, 6.07) is 7.37. The lowest BCUT2D eigenvalue weighted by molar-refractivity contribution is 0.0746. The van der Waals surface area contributed by atoms with Gasteiger partial charge in [0.25, 0.3) is 5.91 Å². The number of carbonyl (C=O) groups excluding carboxylic acids is 1. The lowest BCUT2D eigenvalue weighted by Gasteiger charge is -2.36. The summed E-state index contributed by atoms with van der Waals surface area (Å²) < 4.78 is 5.21. The second kappa shape index (κ2) is 9.06. The average molecular weight is 451 g/mol. The first-order chi connectivity index (χ1) is 15.7. The van der Waals surface area contributed by atoms with E-state index < -0.39 is 0 Å². The fourth-order valence-corrected chi connectivity index (χ4v) is 6.06. The normalized spacial score (nSPS) is 16.3. The number of anilines is 1. The molecule has 1 aliphatic carbocycles. The average Bonchev–Trinajstić information content (AvgIpc) is 3.22. The number of benzene rings is 1. The Morgan fingerprint density at radius 1 is 1.06 bits per heavy atom. The van der Waals surface area contributed by atoms with Crippen molar-refractivity contribution in [1.82, 2.24) is 14.9 Å². The molecule has 1 aliphatic heterocycles. The molecule has 0 unspecified atom stereocenters. The van der Waals surface area contributed by atoms with Crippen LogP contribution in [0.15, 0.2) is 24.3 Å². The van der Waals surface area contributed by atoms with Gasteiger partial charge in [0.1, 0.15) is 22.2 Å². The first kappa shape index (κ1) is 21.2. The summed E-state index contributed by atoms with van der Waals surface area (Å²) in [6.45, 7) is 5.17. The van der Waals surface area contributed by atoms with Gasteiger partial charge in [0.2, 0.25) is 0 Å². The standard InChI is InChI=1S/C25H30N4O2S/c1-3-6-21-26-23(22-19-7-4-5-8-20(19)32-24(22)27-21)28-13-15-29(16-14-28)25(30)17-9-11-18(31-2)12-10-17/h9-12H,3-8,13-16H2,1-2H3. The van der Waals surface area contributed by atoms with Gasteiger partial charge in [0, 0.05) is 43.0 Å². The molecular weight excluding hydrogens is 420 g/mol. The summed E-state index contributed by atoms with van der Waals surface area (Å²) >= 11 is 1.87. The molecule has 5 rings (SSSR count). The predicted molar refractivity (Wildman–Crippen MR) is 129 cm³/mol. The summed E-state index contributed by atoms with van der Waals surface area (Å²) in [5.74, 6) is 2.89. The lowest BCUT2D eigenvalue weighted by Crippen LogP contribution is -2.49. The number of nitrogens with zero attached hydrogens (tertiary/aromatic N) is 4. The van der Waals surface area contributed by atoms with E-state index in [4.69, 9.17) is 14.7 Å². The minimum Gasteiger partial charge on any atom is -0.497 e. The SMILES string of the molecule is CCCc1nc(N2CCN(C(=O)c3ccc(OC)cc3)CC2)c2c3c(sc2n1)CCCC3. The van der Waals surface area contributed by atoms with Crippen molar-refractivity contribution in [3.8, 4) is 5.75 Å². The van der Waals surface area contributed by atoms with E-state index >= 15 is 0 Å². The van der Waals surface area contributed by atoms with Gasteiger partial charge in [-0.25, -0.2) is 9.97 Å². The third-order valence-electron chi connectivity index (χ3n) is 6.52. The number of hydrogen-bond donors (Lipinski definition) is 0. The molecule has 0 N–H and O–H groups in total. The van der Waals surface area contributed by atoms with Crippen molar-refractivity contribution in [2.45, 2.75) is 45.4 Å². The minimum absolute atomic E-state index is 0.0831. The summed E-state index contributed by atoms with van der Waals surface area (Å²) in [6.07, 6.45) is 6.77. The molecule has 7 heteroatoms. The number of carbonyl (C=O) groups is 1. The van der Waals surface area contributed by atoms with Crippen LogP contribution in [0.25, 0.3) is 10.2 Å². The highest BCUT2D eigenvalue weighted by Crippen LogP contribution is 2.40. The van der Waals surface area contributed by atoms with Gasteiger partial charge in [-0.2, -0.15) is 0 Å². The number of hydrogen-bond acceptors (Lipinski definition) is 6. The van der Waals surface area contributed by atoms with E-state index in [2.05, 4.69) is 11.8 Å². The molecule has 0 atom stereocenters. The number of rotatable bonds is 5. The number of amides is 1. The van der Waals surface area contributed by atoms with Gasteiger partial charge < -0.3 is 14.5 Å². The molecule has 1 amide bonds. The molecule has 3 heterocycles. The van der Waals surface area contributed by atoms with Crippen LogP contribution in [-0.2, 0) is 19.3 Å². The van der Waals surface area contributed by atoms with E-state index in [1.807, 2.05) is 40.5 Å². The van der Waals surface area contributed by atoms with Gasteiger partial charge in [-0.3, -0.25) is 4.79 Å². The van der Waals surface area contributed by atoms with Gasteiger partial charge in [0.15, 0.2) is 0 Å². The molecule has 1 saturated heterocycles. The highest BCUT2D eigenvalue weighted by Gasteiger charge is 2.27. The Balaban J connectivity index is 1.39. The predicted octanol–water partition coefficient (Wildman–Crippen LogP) is 4.49. The monoisotopic (exact) mass is 450 g/mol. The Morgan fingerprint density at radius 3 is 2.53 bits per heavy atom. The smallest absolute Gasteiger partial charge is 0.253 e. The molecule has 168 valence electrons. The number of thiophene rings is 1. The number of ether oxygens (including phenoxy) is 1. The Kier molecular flexibility index (Phi) is 6.00. The van der Waals surface area contributed by atoms with Gasteiger partial charge in [0.05, 0.1) is 12.5 Å². The maximum atomic E-state index is 13.0. The van der Waals surface area contributed by atoms with Gasteiger partial charge in [-0.05, 0) is 61.9 Å². The first-order valence-corrected chi connectivity index (χ1v) is 12.5. The second-order valence-corrected chi connectivity index (χ2v) is 9.70. The van der Waals surface area contributed by atoms with Crippen LogP contribution in [0.3, 0.4) is 0 Å². The number of methoxy groups -OCH3 is 1. The van der Waals surface area contributed by atoms with Crippen LogP contribution < -0.4 is 9.64 Å². The Morgan fingerprint density at radius 2 is 1.81 bits per heavy atom. The second-order valence-electron chi connectivity index (χ2n) is 8.61. The van der Waals surface area contributed by atoms with Crippen LogP contribution in [-0.4, -0.2) is 54.1 Å². The van der Waals surface area contributed by atoms with Crippen molar-refractivity contribution >= 4 is 33.3 Å². The topological polar surface area (TPSA) is 58.6 Å².